The number of halogens is 2. The first kappa shape index (κ1) is 18.7. The summed E-state index contributed by atoms with van der Waals surface area (Å²) in [6, 6.07) is 3.39. The number of fused-ring (bicyclic) bond motifs is 1. The van der Waals surface area contributed by atoms with Crippen LogP contribution < -0.4 is 15.4 Å². The van der Waals surface area contributed by atoms with Crippen LogP contribution in [0.25, 0.3) is 0 Å². The number of aromatic nitrogens is 2. The Morgan fingerprint density at radius 1 is 1.29 bits per heavy atom. The van der Waals surface area contributed by atoms with Gasteiger partial charge in [-0.25, -0.2) is 13.5 Å². The van der Waals surface area contributed by atoms with Crippen LogP contribution in [0.1, 0.15) is 23.7 Å². The van der Waals surface area contributed by atoms with Crippen molar-refractivity contribution in [3.05, 3.63) is 41.6 Å². The highest BCUT2D eigenvalue weighted by molar-refractivity contribution is 5.96. The maximum absolute atomic E-state index is 14.2. The van der Waals surface area contributed by atoms with Crippen molar-refractivity contribution in [2.24, 2.45) is 5.73 Å². The summed E-state index contributed by atoms with van der Waals surface area (Å²) in [5.41, 5.74) is 6.64. The van der Waals surface area contributed by atoms with Crippen molar-refractivity contribution < 1.29 is 18.3 Å². The normalized spacial score (nSPS) is 22.4. The molecular formula is C19H23F2N5O2. The molecule has 4 rings (SSSR count). The van der Waals surface area contributed by atoms with Crippen molar-refractivity contribution in [2.75, 3.05) is 31.1 Å². The summed E-state index contributed by atoms with van der Waals surface area (Å²) >= 11 is 0. The molecule has 1 amide bonds. The van der Waals surface area contributed by atoms with E-state index in [2.05, 4.69) is 5.10 Å². The van der Waals surface area contributed by atoms with E-state index in [1.807, 2.05) is 11.8 Å². The lowest BCUT2D eigenvalue weighted by atomic mass is 10.1. The summed E-state index contributed by atoms with van der Waals surface area (Å²) in [5.74, 6) is -0.912. The van der Waals surface area contributed by atoms with E-state index in [1.165, 1.54) is 18.3 Å². The first-order valence-corrected chi connectivity index (χ1v) is 9.39. The second kappa shape index (κ2) is 7.38. The Morgan fingerprint density at radius 2 is 2.11 bits per heavy atom. The molecule has 0 radical (unpaired) electrons. The molecule has 0 aliphatic carbocycles. The highest BCUT2D eigenvalue weighted by Gasteiger charge is 2.31. The molecule has 28 heavy (non-hydrogen) atoms. The van der Waals surface area contributed by atoms with Crippen LogP contribution in [0, 0.1) is 11.6 Å². The third-order valence-electron chi connectivity index (χ3n) is 5.33. The summed E-state index contributed by atoms with van der Waals surface area (Å²) < 4.78 is 34.6. The molecule has 0 spiro atoms. The first-order valence-electron chi connectivity index (χ1n) is 9.39. The molecular weight excluding hydrogens is 368 g/mol. The standard InChI is InChI=1S/C19H23F2N5O2/c1-12-4-5-24(17-3-2-13(20)8-16(17)21)6-7-25(12)18(27)15-9-23-26-10-14(22)11-28-19(15)26/h2-3,8-9,12,14H,4-7,10-11,22H2,1H3. The van der Waals surface area contributed by atoms with Crippen LogP contribution in [0.2, 0.25) is 0 Å². The van der Waals surface area contributed by atoms with Gasteiger partial charge in [0.05, 0.1) is 24.5 Å². The Bertz CT molecular complexity index is 887. The zero-order valence-corrected chi connectivity index (χ0v) is 15.6. The topological polar surface area (TPSA) is 76.6 Å². The van der Waals surface area contributed by atoms with Gasteiger partial charge in [0, 0.05) is 31.7 Å². The molecule has 2 atom stereocenters. The SMILES string of the molecule is CC1CCN(c2ccc(F)cc2F)CCN1C(=O)c1cnn2c1OCC(N)C2. The Kier molecular flexibility index (Phi) is 4.92. The molecule has 3 heterocycles. The summed E-state index contributed by atoms with van der Waals surface area (Å²) in [6.45, 7) is 4.27. The lowest BCUT2D eigenvalue weighted by molar-refractivity contribution is 0.0697. The number of carbonyl (C=O) groups excluding carboxylic acids is 1. The van der Waals surface area contributed by atoms with Gasteiger partial charge in [-0.1, -0.05) is 0 Å². The van der Waals surface area contributed by atoms with Gasteiger partial charge in [-0.2, -0.15) is 5.10 Å². The van der Waals surface area contributed by atoms with Gasteiger partial charge in [0.15, 0.2) is 0 Å². The number of benzene rings is 1. The third-order valence-corrected chi connectivity index (χ3v) is 5.33. The van der Waals surface area contributed by atoms with E-state index in [-0.39, 0.29) is 18.0 Å². The molecule has 2 aromatic rings. The maximum Gasteiger partial charge on any atom is 0.261 e. The van der Waals surface area contributed by atoms with Crippen molar-refractivity contribution in [3.63, 3.8) is 0 Å². The van der Waals surface area contributed by atoms with Crippen molar-refractivity contribution >= 4 is 11.6 Å². The molecule has 0 bridgehead atoms. The Balaban J connectivity index is 1.52. The minimum Gasteiger partial charge on any atom is -0.476 e. The van der Waals surface area contributed by atoms with Crippen LogP contribution in [0.3, 0.4) is 0 Å². The smallest absolute Gasteiger partial charge is 0.261 e. The van der Waals surface area contributed by atoms with Crippen LogP contribution in [0.4, 0.5) is 14.5 Å². The van der Waals surface area contributed by atoms with Crippen LogP contribution in [-0.2, 0) is 6.54 Å². The van der Waals surface area contributed by atoms with Crippen molar-refractivity contribution in [1.82, 2.24) is 14.7 Å². The molecule has 1 saturated heterocycles. The third kappa shape index (κ3) is 3.42. The fourth-order valence-corrected chi connectivity index (χ4v) is 3.76. The summed E-state index contributed by atoms with van der Waals surface area (Å²) in [6.07, 6.45) is 2.18. The number of rotatable bonds is 2. The Labute approximate surface area is 161 Å². The zero-order chi connectivity index (χ0) is 19.8. The van der Waals surface area contributed by atoms with E-state index in [9.17, 15) is 13.6 Å². The quantitative estimate of drug-likeness (QED) is 0.842. The number of hydrogen-bond acceptors (Lipinski definition) is 5. The largest absolute Gasteiger partial charge is 0.476 e. The average Bonchev–Trinajstić information content (AvgIpc) is 2.97. The summed E-state index contributed by atoms with van der Waals surface area (Å²) in [4.78, 5) is 16.8. The molecule has 2 unspecified atom stereocenters. The number of ether oxygens (including phenoxy) is 1. The van der Waals surface area contributed by atoms with Gasteiger partial charge in [0.1, 0.15) is 23.8 Å². The molecule has 0 saturated carbocycles. The van der Waals surface area contributed by atoms with Crippen molar-refractivity contribution in [1.29, 1.82) is 0 Å². The molecule has 1 fully saturated rings. The van der Waals surface area contributed by atoms with Gasteiger partial charge < -0.3 is 20.3 Å². The minimum absolute atomic E-state index is 0.0394. The number of amides is 1. The van der Waals surface area contributed by atoms with Crippen molar-refractivity contribution in [3.8, 4) is 5.88 Å². The zero-order valence-electron chi connectivity index (χ0n) is 15.6. The highest BCUT2D eigenvalue weighted by atomic mass is 19.1. The number of anilines is 1. The van der Waals surface area contributed by atoms with Gasteiger partial charge in [-0.3, -0.25) is 4.79 Å². The summed E-state index contributed by atoms with van der Waals surface area (Å²) in [5, 5.41) is 4.22. The molecule has 2 N–H and O–H groups in total. The van der Waals surface area contributed by atoms with E-state index in [0.29, 0.717) is 56.3 Å². The molecule has 1 aromatic heterocycles. The second-order valence-corrected chi connectivity index (χ2v) is 7.34. The fourth-order valence-electron chi connectivity index (χ4n) is 3.76. The van der Waals surface area contributed by atoms with Crippen molar-refractivity contribution in [2.45, 2.75) is 32.0 Å². The molecule has 150 valence electrons. The molecule has 9 heteroatoms. The van der Waals surface area contributed by atoms with Crippen LogP contribution in [0.5, 0.6) is 5.88 Å². The first-order chi connectivity index (χ1) is 13.4. The van der Waals surface area contributed by atoms with E-state index in [0.717, 1.165) is 6.07 Å². The predicted octanol–water partition coefficient (Wildman–Crippen LogP) is 1.62. The van der Waals surface area contributed by atoms with Gasteiger partial charge in [0.25, 0.3) is 5.91 Å². The highest BCUT2D eigenvalue weighted by Crippen LogP contribution is 2.27. The van der Waals surface area contributed by atoms with E-state index in [1.54, 1.807) is 9.58 Å². The molecule has 2 aliphatic heterocycles. The van der Waals surface area contributed by atoms with E-state index < -0.39 is 11.6 Å². The van der Waals surface area contributed by atoms with Gasteiger partial charge >= 0.3 is 0 Å². The number of nitrogens with two attached hydrogens (primary N) is 1. The van der Waals surface area contributed by atoms with Gasteiger partial charge in [-0.15, -0.1) is 0 Å². The monoisotopic (exact) mass is 391 g/mol. The minimum atomic E-state index is -0.605. The lowest BCUT2D eigenvalue weighted by Crippen LogP contribution is -2.41. The second-order valence-electron chi connectivity index (χ2n) is 7.34. The number of hydrogen-bond donors (Lipinski definition) is 1. The fraction of sp³-hybridized carbons (Fsp3) is 0.474. The van der Waals surface area contributed by atoms with E-state index >= 15 is 0 Å². The predicted molar refractivity (Wildman–Crippen MR) is 99.4 cm³/mol. The van der Waals surface area contributed by atoms with Crippen LogP contribution in [0.15, 0.2) is 24.4 Å². The summed E-state index contributed by atoms with van der Waals surface area (Å²) in [7, 11) is 0. The number of carbonyl (C=O) groups is 1. The molecule has 2 aliphatic rings. The Morgan fingerprint density at radius 3 is 2.89 bits per heavy atom. The lowest BCUT2D eigenvalue weighted by Gasteiger charge is -2.27. The Hall–Kier alpha value is -2.68. The van der Waals surface area contributed by atoms with Crippen LogP contribution in [-0.4, -0.2) is 58.9 Å². The van der Waals surface area contributed by atoms with E-state index in [4.69, 9.17) is 10.5 Å². The molecule has 7 nitrogen and oxygen atoms in total. The van der Waals surface area contributed by atoms with Crippen LogP contribution >= 0.6 is 0 Å². The average molecular weight is 391 g/mol. The molecule has 1 aromatic carbocycles. The number of nitrogens with zero attached hydrogens (tertiary/aromatic N) is 4. The maximum atomic E-state index is 14.2. The van der Waals surface area contributed by atoms with Gasteiger partial charge in [0.2, 0.25) is 5.88 Å². The van der Waals surface area contributed by atoms with Gasteiger partial charge in [-0.05, 0) is 25.5 Å².